The Hall–Kier alpha value is -0.790. The van der Waals surface area contributed by atoms with E-state index in [-0.39, 0.29) is 0 Å². The fourth-order valence-electron chi connectivity index (χ4n) is 1.26. The molecule has 0 fully saturated rings. The van der Waals surface area contributed by atoms with Gasteiger partial charge < -0.3 is 0 Å². The molecule has 1 heterocycles. The molecule has 0 bridgehead atoms. The summed E-state index contributed by atoms with van der Waals surface area (Å²) in [5, 5.41) is 4.17. The minimum Gasteiger partial charge on any atom is -0.272 e. The first kappa shape index (κ1) is 7.32. The van der Waals surface area contributed by atoms with Crippen LogP contribution in [0.15, 0.2) is 6.20 Å². The zero-order valence-corrected chi connectivity index (χ0v) is 6.89. The Kier molecular flexibility index (Phi) is 2.10. The lowest BCUT2D eigenvalue weighted by Crippen LogP contribution is -1.97. The summed E-state index contributed by atoms with van der Waals surface area (Å²) in [5.41, 5.74) is 2.74. The second-order valence-electron chi connectivity index (χ2n) is 2.45. The molecule has 1 aromatic rings. The molecular weight excluding hydrogens is 124 g/mol. The maximum Gasteiger partial charge on any atom is 0.0524 e. The minimum absolute atomic E-state index is 1.08. The molecule has 0 spiro atoms. The Balaban J connectivity index is 3.01. The third-order valence-electron chi connectivity index (χ3n) is 1.86. The van der Waals surface area contributed by atoms with Gasteiger partial charge in [0.1, 0.15) is 0 Å². The van der Waals surface area contributed by atoms with Crippen molar-refractivity contribution in [2.45, 2.75) is 26.7 Å². The van der Waals surface area contributed by atoms with Crippen LogP contribution in [0.2, 0.25) is 0 Å². The first-order chi connectivity index (χ1) is 4.79. The fourth-order valence-corrected chi connectivity index (χ4v) is 1.26. The summed E-state index contributed by atoms with van der Waals surface area (Å²) in [7, 11) is 2.00. The predicted octanol–water partition coefficient (Wildman–Crippen LogP) is 1.54. The summed E-state index contributed by atoms with van der Waals surface area (Å²) in [6, 6.07) is 0. The molecule has 0 aromatic carbocycles. The van der Waals surface area contributed by atoms with Crippen LogP contribution in [-0.2, 0) is 19.9 Å². The van der Waals surface area contributed by atoms with Gasteiger partial charge >= 0.3 is 0 Å². The molecule has 0 amide bonds. The summed E-state index contributed by atoms with van der Waals surface area (Å²) < 4.78 is 1.96. The van der Waals surface area contributed by atoms with Gasteiger partial charge in [0, 0.05) is 12.7 Å². The van der Waals surface area contributed by atoms with Gasteiger partial charge in [-0.1, -0.05) is 13.8 Å². The van der Waals surface area contributed by atoms with Crippen LogP contribution in [0.5, 0.6) is 0 Å². The van der Waals surface area contributed by atoms with E-state index in [0.29, 0.717) is 0 Å². The normalized spacial score (nSPS) is 10.3. The van der Waals surface area contributed by atoms with Crippen molar-refractivity contribution in [1.29, 1.82) is 0 Å². The van der Waals surface area contributed by atoms with Crippen molar-refractivity contribution in [2.24, 2.45) is 7.05 Å². The number of hydrogen-bond donors (Lipinski definition) is 0. The Morgan fingerprint density at radius 1 is 1.40 bits per heavy atom. The molecule has 0 saturated carbocycles. The van der Waals surface area contributed by atoms with Gasteiger partial charge in [-0.25, -0.2) is 0 Å². The van der Waals surface area contributed by atoms with Gasteiger partial charge in [0.2, 0.25) is 0 Å². The zero-order valence-electron chi connectivity index (χ0n) is 6.89. The van der Waals surface area contributed by atoms with Gasteiger partial charge in [-0.2, -0.15) is 5.10 Å². The van der Waals surface area contributed by atoms with E-state index in [1.54, 1.807) is 0 Å². The number of nitrogens with zero attached hydrogens (tertiary/aromatic N) is 2. The molecule has 56 valence electrons. The van der Waals surface area contributed by atoms with Gasteiger partial charge in [-0.05, 0) is 18.4 Å². The molecule has 0 radical (unpaired) electrons. The van der Waals surface area contributed by atoms with E-state index in [1.807, 2.05) is 17.9 Å². The smallest absolute Gasteiger partial charge is 0.0524 e. The Morgan fingerprint density at radius 3 is 2.50 bits per heavy atom. The highest BCUT2D eigenvalue weighted by Crippen LogP contribution is 2.07. The number of aromatic nitrogens is 2. The summed E-state index contributed by atoms with van der Waals surface area (Å²) in [6.07, 6.45) is 4.13. The Labute approximate surface area is 61.9 Å². The second-order valence-corrected chi connectivity index (χ2v) is 2.45. The zero-order chi connectivity index (χ0) is 7.56. The maximum absolute atomic E-state index is 4.17. The van der Waals surface area contributed by atoms with Crippen molar-refractivity contribution in [3.63, 3.8) is 0 Å². The molecule has 2 heteroatoms. The monoisotopic (exact) mass is 138 g/mol. The van der Waals surface area contributed by atoms with E-state index in [2.05, 4.69) is 18.9 Å². The highest BCUT2D eigenvalue weighted by atomic mass is 15.3. The molecule has 1 rings (SSSR count). The van der Waals surface area contributed by atoms with Crippen LogP contribution in [0, 0.1) is 0 Å². The largest absolute Gasteiger partial charge is 0.272 e. The van der Waals surface area contributed by atoms with Gasteiger partial charge in [-0.15, -0.1) is 0 Å². The van der Waals surface area contributed by atoms with Crippen molar-refractivity contribution >= 4 is 0 Å². The highest BCUT2D eigenvalue weighted by molar-refractivity contribution is 5.16. The number of rotatable bonds is 2. The molecule has 0 unspecified atom stereocenters. The van der Waals surface area contributed by atoms with Gasteiger partial charge in [-0.3, -0.25) is 4.68 Å². The first-order valence-electron chi connectivity index (χ1n) is 3.79. The highest BCUT2D eigenvalue weighted by Gasteiger charge is 2.02. The van der Waals surface area contributed by atoms with Crippen LogP contribution in [0.25, 0.3) is 0 Å². The average Bonchev–Trinajstić information content (AvgIpc) is 2.30. The van der Waals surface area contributed by atoms with Crippen LogP contribution in [0.3, 0.4) is 0 Å². The summed E-state index contributed by atoms with van der Waals surface area (Å²) in [4.78, 5) is 0. The van der Waals surface area contributed by atoms with Crippen LogP contribution >= 0.6 is 0 Å². The number of hydrogen-bond acceptors (Lipinski definition) is 1. The molecule has 2 nitrogen and oxygen atoms in total. The van der Waals surface area contributed by atoms with Crippen molar-refractivity contribution in [1.82, 2.24) is 9.78 Å². The molecule has 0 saturated heterocycles. The quantitative estimate of drug-likeness (QED) is 0.606. The van der Waals surface area contributed by atoms with Crippen LogP contribution < -0.4 is 0 Å². The van der Waals surface area contributed by atoms with Crippen LogP contribution in [-0.4, -0.2) is 9.78 Å². The minimum atomic E-state index is 1.08. The lowest BCUT2D eigenvalue weighted by Gasteiger charge is -1.98. The van der Waals surface area contributed by atoms with Crippen LogP contribution in [0.1, 0.15) is 25.1 Å². The van der Waals surface area contributed by atoms with Crippen LogP contribution in [0.4, 0.5) is 0 Å². The van der Waals surface area contributed by atoms with E-state index in [0.717, 1.165) is 12.8 Å². The Bertz CT molecular complexity index is 213. The van der Waals surface area contributed by atoms with E-state index < -0.39 is 0 Å². The molecule has 10 heavy (non-hydrogen) atoms. The fraction of sp³-hybridized carbons (Fsp3) is 0.625. The average molecular weight is 138 g/mol. The van der Waals surface area contributed by atoms with Crippen molar-refractivity contribution in [3.05, 3.63) is 17.5 Å². The summed E-state index contributed by atoms with van der Waals surface area (Å²) in [6.45, 7) is 4.33. The third kappa shape index (κ3) is 1.06. The third-order valence-corrected chi connectivity index (χ3v) is 1.86. The maximum atomic E-state index is 4.17. The van der Waals surface area contributed by atoms with E-state index in [1.165, 1.54) is 11.3 Å². The number of aryl methyl sites for hydroxylation is 2. The molecular formula is C8H14N2. The topological polar surface area (TPSA) is 17.8 Å². The second kappa shape index (κ2) is 2.86. The van der Waals surface area contributed by atoms with Crippen molar-refractivity contribution < 1.29 is 0 Å². The molecule has 0 aliphatic heterocycles. The molecule has 1 aromatic heterocycles. The summed E-state index contributed by atoms with van der Waals surface area (Å²) >= 11 is 0. The molecule has 0 atom stereocenters. The van der Waals surface area contributed by atoms with Gasteiger partial charge in [0.15, 0.2) is 0 Å². The summed E-state index contributed by atoms with van der Waals surface area (Å²) in [5.74, 6) is 0. The predicted molar refractivity (Wildman–Crippen MR) is 42.0 cm³/mol. The standard InChI is InChI=1S/C8H14N2/c1-4-7-6-9-10(3)8(7)5-2/h6H,4-5H2,1-3H3. The van der Waals surface area contributed by atoms with E-state index in [4.69, 9.17) is 0 Å². The first-order valence-corrected chi connectivity index (χ1v) is 3.79. The molecule has 0 aliphatic rings. The van der Waals surface area contributed by atoms with Gasteiger partial charge in [0.05, 0.1) is 6.20 Å². The SMILES string of the molecule is CCc1cnn(C)c1CC. The Morgan fingerprint density at radius 2 is 2.10 bits per heavy atom. The molecule has 0 N–H and O–H groups in total. The van der Waals surface area contributed by atoms with Gasteiger partial charge in [0.25, 0.3) is 0 Å². The molecule has 0 aliphatic carbocycles. The lowest BCUT2D eigenvalue weighted by atomic mass is 10.2. The van der Waals surface area contributed by atoms with E-state index in [9.17, 15) is 0 Å². The van der Waals surface area contributed by atoms with E-state index >= 15 is 0 Å². The lowest BCUT2D eigenvalue weighted by molar-refractivity contribution is 0.715. The van der Waals surface area contributed by atoms with Crippen molar-refractivity contribution in [2.75, 3.05) is 0 Å². The van der Waals surface area contributed by atoms with Crippen molar-refractivity contribution in [3.8, 4) is 0 Å².